The third-order valence-corrected chi connectivity index (χ3v) is 6.14. The van der Waals surface area contributed by atoms with E-state index < -0.39 is 0 Å². The molecule has 0 spiro atoms. The summed E-state index contributed by atoms with van der Waals surface area (Å²) in [4.78, 5) is 37.2. The lowest BCUT2D eigenvalue weighted by Crippen LogP contribution is -2.42. The Morgan fingerprint density at radius 3 is 2.69 bits per heavy atom. The van der Waals surface area contributed by atoms with Gasteiger partial charge in [0.2, 0.25) is 5.91 Å². The molecular weight excluding hydrogens is 414 g/mol. The molecule has 0 saturated carbocycles. The molecule has 0 aromatic carbocycles. The molecule has 1 atom stereocenters. The van der Waals surface area contributed by atoms with E-state index in [1.807, 2.05) is 9.80 Å². The highest BCUT2D eigenvalue weighted by molar-refractivity contribution is 5.93. The molecule has 172 valence electrons. The van der Waals surface area contributed by atoms with Gasteiger partial charge in [0, 0.05) is 58.0 Å². The number of aryl methyl sites for hydroxylation is 1. The van der Waals surface area contributed by atoms with Crippen molar-refractivity contribution in [2.75, 3.05) is 39.9 Å². The van der Waals surface area contributed by atoms with Crippen LogP contribution in [0.25, 0.3) is 0 Å². The topological polar surface area (TPSA) is 111 Å². The van der Waals surface area contributed by atoms with E-state index in [0.717, 1.165) is 19.4 Å². The van der Waals surface area contributed by atoms with Crippen LogP contribution in [-0.4, -0.2) is 76.6 Å². The number of nitrogens with zero attached hydrogens (tertiary/aromatic N) is 5. The summed E-state index contributed by atoms with van der Waals surface area (Å²) in [6.45, 7) is 5.19. The molecule has 4 heterocycles. The van der Waals surface area contributed by atoms with Crippen molar-refractivity contribution >= 4 is 11.8 Å². The van der Waals surface area contributed by atoms with E-state index in [2.05, 4.69) is 15.1 Å². The van der Waals surface area contributed by atoms with Gasteiger partial charge in [0.05, 0.1) is 18.8 Å². The van der Waals surface area contributed by atoms with Gasteiger partial charge in [0.1, 0.15) is 5.76 Å². The van der Waals surface area contributed by atoms with E-state index in [1.165, 1.54) is 0 Å². The molecule has 2 aromatic heterocycles. The number of likely N-dealkylation sites (tertiary alicyclic amines) is 2. The van der Waals surface area contributed by atoms with Crippen molar-refractivity contribution in [1.82, 2.24) is 24.9 Å². The van der Waals surface area contributed by atoms with Gasteiger partial charge < -0.3 is 23.8 Å². The fraction of sp³-hybridized carbons (Fsp3) is 0.591. The number of ether oxygens (including phenoxy) is 2. The smallest absolute Gasteiger partial charge is 0.316 e. The number of hydrogen-bond donors (Lipinski definition) is 0. The van der Waals surface area contributed by atoms with Crippen LogP contribution in [-0.2, 0) is 16.1 Å². The SMILES string of the molecule is COCc1c(C(=O)N2CCC(CN3CC(COc4ncccn4)CC3=O)CC2)noc1C. The summed E-state index contributed by atoms with van der Waals surface area (Å²) in [7, 11) is 1.58. The third-order valence-electron chi connectivity index (χ3n) is 6.14. The number of carbonyl (C=O) groups is 2. The number of hydrogen-bond acceptors (Lipinski definition) is 8. The van der Waals surface area contributed by atoms with Gasteiger partial charge in [-0.2, -0.15) is 0 Å². The number of amides is 2. The minimum absolute atomic E-state index is 0.120. The molecule has 4 rings (SSSR count). The Morgan fingerprint density at radius 2 is 1.97 bits per heavy atom. The first-order valence-corrected chi connectivity index (χ1v) is 11.0. The molecule has 2 aliphatic rings. The summed E-state index contributed by atoms with van der Waals surface area (Å²) in [5.74, 6) is 1.16. The predicted molar refractivity (Wildman–Crippen MR) is 113 cm³/mol. The molecule has 0 radical (unpaired) electrons. The Kier molecular flexibility index (Phi) is 6.99. The summed E-state index contributed by atoms with van der Waals surface area (Å²) < 4.78 is 16.0. The second-order valence-corrected chi connectivity index (χ2v) is 8.45. The van der Waals surface area contributed by atoms with Crippen LogP contribution in [0, 0.1) is 18.8 Å². The van der Waals surface area contributed by atoms with Crippen LogP contribution in [0.5, 0.6) is 6.01 Å². The van der Waals surface area contributed by atoms with E-state index in [0.29, 0.717) is 68.2 Å². The van der Waals surface area contributed by atoms with Crippen molar-refractivity contribution < 1.29 is 23.6 Å². The van der Waals surface area contributed by atoms with Gasteiger partial charge in [-0.1, -0.05) is 5.16 Å². The molecule has 2 saturated heterocycles. The van der Waals surface area contributed by atoms with E-state index in [4.69, 9.17) is 14.0 Å². The number of rotatable bonds is 8. The summed E-state index contributed by atoms with van der Waals surface area (Å²) in [5, 5.41) is 3.95. The van der Waals surface area contributed by atoms with Crippen LogP contribution in [0.2, 0.25) is 0 Å². The van der Waals surface area contributed by atoms with Crippen LogP contribution in [0.3, 0.4) is 0 Å². The van der Waals surface area contributed by atoms with Crippen molar-refractivity contribution in [1.29, 1.82) is 0 Å². The summed E-state index contributed by atoms with van der Waals surface area (Å²) in [5.41, 5.74) is 1.04. The van der Waals surface area contributed by atoms with Gasteiger partial charge in [-0.15, -0.1) is 0 Å². The van der Waals surface area contributed by atoms with Gasteiger partial charge in [0.15, 0.2) is 5.69 Å². The summed E-state index contributed by atoms with van der Waals surface area (Å²) in [6.07, 6.45) is 5.45. The third kappa shape index (κ3) is 5.07. The monoisotopic (exact) mass is 443 g/mol. The molecule has 2 amide bonds. The normalized spacial score (nSPS) is 19.6. The first-order chi connectivity index (χ1) is 15.5. The second-order valence-electron chi connectivity index (χ2n) is 8.45. The van der Waals surface area contributed by atoms with Gasteiger partial charge in [-0.3, -0.25) is 9.59 Å². The first-order valence-electron chi connectivity index (χ1n) is 11.0. The van der Waals surface area contributed by atoms with Crippen LogP contribution in [0.15, 0.2) is 23.0 Å². The van der Waals surface area contributed by atoms with Gasteiger partial charge in [-0.05, 0) is 31.7 Å². The maximum atomic E-state index is 12.9. The molecule has 10 nitrogen and oxygen atoms in total. The average molecular weight is 444 g/mol. The van der Waals surface area contributed by atoms with Gasteiger partial charge in [-0.25, -0.2) is 9.97 Å². The Balaban J connectivity index is 1.24. The lowest BCUT2D eigenvalue weighted by Gasteiger charge is -2.33. The Bertz CT molecular complexity index is 926. The van der Waals surface area contributed by atoms with Gasteiger partial charge in [0.25, 0.3) is 5.91 Å². The number of methoxy groups -OCH3 is 1. The average Bonchev–Trinajstić information content (AvgIpc) is 3.35. The number of carbonyl (C=O) groups excluding carboxylic acids is 2. The maximum Gasteiger partial charge on any atom is 0.316 e. The standard InChI is InChI=1S/C22H29N5O5/c1-15-18(14-30-2)20(25-32-15)21(29)26-8-4-16(5-9-26)11-27-12-17(10-19(27)28)13-31-22-23-6-3-7-24-22/h3,6-7,16-17H,4-5,8-14H2,1-2H3. The van der Waals surface area contributed by atoms with Crippen molar-refractivity contribution in [3.05, 3.63) is 35.5 Å². The minimum atomic E-state index is -0.120. The van der Waals surface area contributed by atoms with Crippen LogP contribution < -0.4 is 4.74 Å². The van der Waals surface area contributed by atoms with E-state index >= 15 is 0 Å². The van der Waals surface area contributed by atoms with E-state index in [1.54, 1.807) is 32.5 Å². The molecule has 32 heavy (non-hydrogen) atoms. The van der Waals surface area contributed by atoms with E-state index in [9.17, 15) is 9.59 Å². The lowest BCUT2D eigenvalue weighted by molar-refractivity contribution is -0.128. The fourth-order valence-corrected chi connectivity index (χ4v) is 4.35. The fourth-order valence-electron chi connectivity index (χ4n) is 4.35. The number of aromatic nitrogens is 3. The van der Waals surface area contributed by atoms with Crippen molar-refractivity contribution in [3.8, 4) is 6.01 Å². The highest BCUT2D eigenvalue weighted by atomic mass is 16.5. The maximum absolute atomic E-state index is 12.9. The lowest BCUT2D eigenvalue weighted by atomic mass is 9.96. The van der Waals surface area contributed by atoms with Crippen molar-refractivity contribution in [2.24, 2.45) is 11.8 Å². The molecule has 1 unspecified atom stereocenters. The summed E-state index contributed by atoms with van der Waals surface area (Å²) in [6, 6.07) is 2.07. The predicted octanol–water partition coefficient (Wildman–Crippen LogP) is 1.70. The molecule has 2 fully saturated rings. The molecule has 10 heteroatoms. The largest absolute Gasteiger partial charge is 0.463 e. The molecule has 0 N–H and O–H groups in total. The van der Waals surface area contributed by atoms with Crippen molar-refractivity contribution in [3.63, 3.8) is 0 Å². The van der Waals surface area contributed by atoms with E-state index in [-0.39, 0.29) is 17.7 Å². The second kappa shape index (κ2) is 10.1. The van der Waals surface area contributed by atoms with Crippen LogP contribution in [0.4, 0.5) is 0 Å². The zero-order chi connectivity index (χ0) is 22.5. The number of piperidine rings is 1. The van der Waals surface area contributed by atoms with Crippen LogP contribution >= 0.6 is 0 Å². The molecule has 2 aliphatic heterocycles. The zero-order valence-corrected chi connectivity index (χ0v) is 18.5. The highest BCUT2D eigenvalue weighted by Gasteiger charge is 2.34. The first kappa shape index (κ1) is 22.2. The van der Waals surface area contributed by atoms with Crippen LogP contribution in [0.1, 0.15) is 41.1 Å². The Morgan fingerprint density at radius 1 is 1.22 bits per heavy atom. The highest BCUT2D eigenvalue weighted by Crippen LogP contribution is 2.25. The van der Waals surface area contributed by atoms with Gasteiger partial charge >= 0.3 is 6.01 Å². The molecular formula is C22H29N5O5. The quantitative estimate of drug-likeness (QED) is 0.606. The minimum Gasteiger partial charge on any atom is -0.463 e. The Labute approximate surface area is 186 Å². The van der Waals surface area contributed by atoms with Crippen molar-refractivity contribution in [2.45, 2.75) is 32.8 Å². The molecule has 0 bridgehead atoms. The summed E-state index contributed by atoms with van der Waals surface area (Å²) >= 11 is 0. The zero-order valence-electron chi connectivity index (χ0n) is 18.5. The molecule has 0 aliphatic carbocycles. The Hall–Kier alpha value is -3.01. The molecule has 2 aromatic rings.